The Hall–Kier alpha value is -2.25. The van der Waals surface area contributed by atoms with Crippen molar-refractivity contribution in [2.45, 2.75) is 19.0 Å². The molecule has 8 heteroatoms. The van der Waals surface area contributed by atoms with E-state index in [2.05, 4.69) is 20.5 Å². The molecule has 1 aromatic heterocycles. The molecule has 0 saturated heterocycles. The van der Waals surface area contributed by atoms with Crippen molar-refractivity contribution in [1.82, 2.24) is 15.2 Å². The van der Waals surface area contributed by atoms with E-state index in [1.54, 1.807) is 0 Å². The van der Waals surface area contributed by atoms with Crippen molar-refractivity contribution in [2.24, 2.45) is 0 Å². The normalized spacial score (nSPS) is 11.6. The first-order valence-corrected chi connectivity index (χ1v) is 6.01. The number of anilines is 2. The molecule has 0 aliphatic heterocycles. The fourth-order valence-electron chi connectivity index (χ4n) is 1.75. The van der Waals surface area contributed by atoms with Gasteiger partial charge in [-0.05, 0) is 24.6 Å². The minimum Gasteiger partial charge on any atom is -0.398 e. The number of hydrogen-bond acceptors (Lipinski definition) is 4. The molecule has 108 valence electrons. The van der Waals surface area contributed by atoms with Gasteiger partial charge < -0.3 is 11.1 Å². The van der Waals surface area contributed by atoms with Crippen LogP contribution in [0.25, 0.3) is 0 Å². The van der Waals surface area contributed by atoms with E-state index in [1.165, 1.54) is 18.5 Å². The van der Waals surface area contributed by atoms with Gasteiger partial charge in [-0.2, -0.15) is 18.3 Å². The number of alkyl halides is 3. The second-order valence-electron chi connectivity index (χ2n) is 4.26. The van der Waals surface area contributed by atoms with Gasteiger partial charge in [0, 0.05) is 24.3 Å². The molecular formula is C12H14F3N5. The molecule has 20 heavy (non-hydrogen) atoms. The number of nitrogens with two attached hydrogens (primary N) is 1. The van der Waals surface area contributed by atoms with Crippen LogP contribution in [0.4, 0.5) is 24.5 Å². The molecule has 0 amide bonds. The molecule has 0 saturated carbocycles. The van der Waals surface area contributed by atoms with Gasteiger partial charge in [-0.3, -0.25) is 5.10 Å². The van der Waals surface area contributed by atoms with Crippen molar-refractivity contribution >= 4 is 11.4 Å². The van der Waals surface area contributed by atoms with Crippen LogP contribution in [-0.4, -0.2) is 21.7 Å². The Balaban J connectivity index is 1.90. The molecule has 0 bridgehead atoms. The fraction of sp³-hybridized carbons (Fsp3) is 0.333. The zero-order valence-corrected chi connectivity index (χ0v) is 10.5. The number of H-pyrrole nitrogens is 1. The topological polar surface area (TPSA) is 79.6 Å². The number of nitrogen functional groups attached to an aromatic ring is 1. The first-order chi connectivity index (χ1) is 9.47. The summed E-state index contributed by atoms with van der Waals surface area (Å²) in [6.07, 6.45) is -1.63. The lowest BCUT2D eigenvalue weighted by Gasteiger charge is -2.12. The highest BCUT2D eigenvalue weighted by molar-refractivity contribution is 5.58. The molecule has 0 spiro atoms. The van der Waals surface area contributed by atoms with Crippen LogP contribution in [0, 0.1) is 0 Å². The van der Waals surface area contributed by atoms with E-state index in [-0.39, 0.29) is 5.69 Å². The smallest absolute Gasteiger partial charge is 0.398 e. The van der Waals surface area contributed by atoms with Crippen molar-refractivity contribution in [2.75, 3.05) is 17.6 Å². The van der Waals surface area contributed by atoms with Gasteiger partial charge >= 0.3 is 6.18 Å². The minimum atomic E-state index is -4.44. The Kier molecular flexibility index (Phi) is 4.11. The van der Waals surface area contributed by atoms with Crippen molar-refractivity contribution in [3.8, 4) is 0 Å². The lowest BCUT2D eigenvalue weighted by atomic mass is 10.1. The molecule has 0 unspecified atom stereocenters. The molecule has 1 heterocycles. The Labute approximate surface area is 113 Å². The summed E-state index contributed by atoms with van der Waals surface area (Å²) in [6, 6.07) is 3.80. The molecule has 1 aromatic carbocycles. The van der Waals surface area contributed by atoms with Crippen LogP contribution in [-0.2, 0) is 12.6 Å². The fourth-order valence-corrected chi connectivity index (χ4v) is 1.75. The summed E-state index contributed by atoms with van der Waals surface area (Å²) in [5.41, 5.74) is 4.63. The molecule has 0 aliphatic carbocycles. The van der Waals surface area contributed by atoms with Crippen LogP contribution in [0.3, 0.4) is 0 Å². The highest BCUT2D eigenvalue weighted by atomic mass is 19.4. The third-order valence-electron chi connectivity index (χ3n) is 2.74. The minimum absolute atomic E-state index is 0.273. The summed E-state index contributed by atoms with van der Waals surface area (Å²) < 4.78 is 38.0. The highest BCUT2D eigenvalue weighted by Crippen LogP contribution is 2.35. The zero-order valence-electron chi connectivity index (χ0n) is 10.5. The van der Waals surface area contributed by atoms with Gasteiger partial charge in [-0.15, -0.1) is 0 Å². The predicted octanol–water partition coefficient (Wildman–Crippen LogP) is 2.45. The van der Waals surface area contributed by atoms with Gasteiger partial charge in [-0.25, -0.2) is 4.98 Å². The molecule has 0 atom stereocenters. The van der Waals surface area contributed by atoms with E-state index in [1.807, 2.05) is 0 Å². The van der Waals surface area contributed by atoms with Gasteiger partial charge in [-0.1, -0.05) is 0 Å². The van der Waals surface area contributed by atoms with Crippen molar-refractivity contribution < 1.29 is 13.2 Å². The second-order valence-corrected chi connectivity index (χ2v) is 4.26. The molecule has 5 nitrogen and oxygen atoms in total. The zero-order chi connectivity index (χ0) is 14.6. The number of benzene rings is 1. The van der Waals surface area contributed by atoms with Gasteiger partial charge in [0.25, 0.3) is 0 Å². The molecule has 4 N–H and O–H groups in total. The third kappa shape index (κ3) is 3.62. The van der Waals surface area contributed by atoms with Gasteiger partial charge in [0.15, 0.2) is 0 Å². The maximum absolute atomic E-state index is 12.7. The van der Waals surface area contributed by atoms with Crippen LogP contribution in [0.1, 0.15) is 17.8 Å². The van der Waals surface area contributed by atoms with E-state index in [9.17, 15) is 13.2 Å². The van der Waals surface area contributed by atoms with E-state index in [0.717, 1.165) is 18.3 Å². The lowest BCUT2D eigenvalue weighted by molar-refractivity contribution is -0.136. The van der Waals surface area contributed by atoms with Gasteiger partial charge in [0.1, 0.15) is 12.2 Å². The first-order valence-electron chi connectivity index (χ1n) is 6.01. The predicted molar refractivity (Wildman–Crippen MR) is 69.0 cm³/mol. The van der Waals surface area contributed by atoms with Crippen LogP contribution < -0.4 is 11.1 Å². The standard InChI is InChI=1S/C12H14F3N5/c13-12(14,15)9-6-8(3-4-10(9)16)17-5-1-2-11-18-7-19-20-11/h3-4,6-7,17H,1-2,5,16H2,(H,18,19,20). The molecule has 0 aliphatic rings. The first kappa shape index (κ1) is 14.2. The number of rotatable bonds is 5. The van der Waals surface area contributed by atoms with Crippen LogP contribution in [0.2, 0.25) is 0 Å². The van der Waals surface area contributed by atoms with Crippen LogP contribution >= 0.6 is 0 Å². The summed E-state index contributed by atoms with van der Waals surface area (Å²) in [4.78, 5) is 3.96. The number of nitrogens with zero attached hydrogens (tertiary/aromatic N) is 2. The molecule has 2 rings (SSSR count). The number of hydrogen-bond donors (Lipinski definition) is 3. The third-order valence-corrected chi connectivity index (χ3v) is 2.74. The Morgan fingerprint density at radius 1 is 1.30 bits per heavy atom. The lowest BCUT2D eigenvalue weighted by Crippen LogP contribution is -2.10. The van der Waals surface area contributed by atoms with E-state index >= 15 is 0 Å². The number of halogens is 3. The van der Waals surface area contributed by atoms with Crippen molar-refractivity contribution in [1.29, 1.82) is 0 Å². The number of aryl methyl sites for hydroxylation is 1. The molecular weight excluding hydrogens is 271 g/mol. The highest BCUT2D eigenvalue weighted by Gasteiger charge is 2.33. The SMILES string of the molecule is Nc1ccc(NCCCc2ncn[nH]2)cc1C(F)(F)F. The van der Waals surface area contributed by atoms with Crippen LogP contribution in [0.15, 0.2) is 24.5 Å². The van der Waals surface area contributed by atoms with E-state index < -0.39 is 11.7 Å². The number of aromatic amines is 1. The summed E-state index contributed by atoms with van der Waals surface area (Å²) in [5, 5.41) is 9.36. The van der Waals surface area contributed by atoms with E-state index in [4.69, 9.17) is 5.73 Å². The summed E-state index contributed by atoms with van der Waals surface area (Å²) in [7, 11) is 0. The summed E-state index contributed by atoms with van der Waals surface area (Å²) >= 11 is 0. The number of aromatic nitrogens is 3. The largest absolute Gasteiger partial charge is 0.418 e. The quantitative estimate of drug-likeness (QED) is 0.582. The average Bonchev–Trinajstić information content (AvgIpc) is 2.88. The van der Waals surface area contributed by atoms with Crippen LogP contribution in [0.5, 0.6) is 0 Å². The van der Waals surface area contributed by atoms with Gasteiger partial charge in [0.05, 0.1) is 5.56 Å². The molecule has 0 radical (unpaired) electrons. The maximum atomic E-state index is 12.7. The van der Waals surface area contributed by atoms with Crippen molar-refractivity contribution in [3.05, 3.63) is 35.9 Å². The Morgan fingerprint density at radius 2 is 2.10 bits per heavy atom. The van der Waals surface area contributed by atoms with Gasteiger partial charge in [0.2, 0.25) is 0 Å². The molecule has 0 fully saturated rings. The monoisotopic (exact) mass is 285 g/mol. The number of nitrogens with one attached hydrogen (secondary N) is 2. The molecule has 2 aromatic rings. The Bertz CT molecular complexity index is 551. The Morgan fingerprint density at radius 3 is 2.75 bits per heavy atom. The summed E-state index contributed by atoms with van der Waals surface area (Å²) in [6.45, 7) is 0.530. The maximum Gasteiger partial charge on any atom is 0.418 e. The second kappa shape index (κ2) is 5.81. The van der Waals surface area contributed by atoms with Crippen molar-refractivity contribution in [3.63, 3.8) is 0 Å². The average molecular weight is 285 g/mol. The van der Waals surface area contributed by atoms with E-state index in [0.29, 0.717) is 18.7 Å². The summed E-state index contributed by atoms with van der Waals surface area (Å²) in [5.74, 6) is 0.750.